The average Bonchev–Trinajstić information content (AvgIpc) is 2.72. The molecule has 0 unspecified atom stereocenters. The minimum atomic E-state index is 0.270. The summed E-state index contributed by atoms with van der Waals surface area (Å²) in [5.74, 6) is 0. The summed E-state index contributed by atoms with van der Waals surface area (Å²) in [5, 5.41) is 10.7. The van der Waals surface area contributed by atoms with Crippen molar-refractivity contribution in [1.82, 2.24) is 4.57 Å². The van der Waals surface area contributed by atoms with E-state index in [4.69, 9.17) is 22.4 Å². The Kier molecular flexibility index (Phi) is 4.64. The van der Waals surface area contributed by atoms with Crippen molar-refractivity contribution in [2.45, 2.75) is 32.4 Å². The minimum absolute atomic E-state index is 0.270. The van der Waals surface area contributed by atoms with E-state index in [2.05, 4.69) is 10.8 Å². The van der Waals surface area contributed by atoms with Crippen molar-refractivity contribution in [2.75, 3.05) is 6.61 Å². The van der Waals surface area contributed by atoms with Crippen LogP contribution >= 0.6 is 11.6 Å². The normalized spacial score (nSPS) is 11.3. The Morgan fingerprint density at radius 1 is 1.22 bits per heavy atom. The van der Waals surface area contributed by atoms with Crippen LogP contribution in [0.3, 0.4) is 0 Å². The van der Waals surface area contributed by atoms with Crippen LogP contribution in [0.4, 0.5) is 0 Å². The van der Waals surface area contributed by atoms with E-state index in [1.54, 1.807) is 0 Å². The number of halogens is 1. The van der Waals surface area contributed by atoms with Crippen molar-refractivity contribution in [2.24, 2.45) is 5.73 Å². The predicted molar refractivity (Wildman–Crippen MR) is 75.8 cm³/mol. The Bertz CT molecular complexity index is 522. The lowest BCUT2D eigenvalue weighted by Gasteiger charge is -2.05. The van der Waals surface area contributed by atoms with E-state index in [9.17, 15) is 0 Å². The molecular weight excluding hydrogens is 248 g/mol. The van der Waals surface area contributed by atoms with Gasteiger partial charge >= 0.3 is 0 Å². The van der Waals surface area contributed by atoms with E-state index in [1.165, 1.54) is 5.39 Å². The molecule has 3 nitrogen and oxygen atoms in total. The molecule has 4 heteroatoms. The molecule has 0 spiro atoms. The number of unbranched alkanes of at least 4 members (excludes halogenated alkanes) is 2. The molecule has 0 amide bonds. The van der Waals surface area contributed by atoms with Gasteiger partial charge in [-0.2, -0.15) is 0 Å². The summed E-state index contributed by atoms with van der Waals surface area (Å²) in [4.78, 5) is 0. The monoisotopic (exact) mass is 266 g/mol. The van der Waals surface area contributed by atoms with E-state index in [1.807, 2.05) is 18.2 Å². The van der Waals surface area contributed by atoms with Gasteiger partial charge in [0, 0.05) is 41.8 Å². The van der Waals surface area contributed by atoms with E-state index < -0.39 is 0 Å². The summed E-state index contributed by atoms with van der Waals surface area (Å²) in [7, 11) is 0. The van der Waals surface area contributed by atoms with Crippen LogP contribution in [-0.2, 0) is 13.1 Å². The fraction of sp³-hybridized carbons (Fsp3) is 0.429. The zero-order valence-corrected chi connectivity index (χ0v) is 11.2. The van der Waals surface area contributed by atoms with Crippen molar-refractivity contribution in [3.63, 3.8) is 0 Å². The van der Waals surface area contributed by atoms with Crippen LogP contribution < -0.4 is 5.73 Å². The Balaban J connectivity index is 2.23. The van der Waals surface area contributed by atoms with Crippen LogP contribution in [0.25, 0.3) is 10.9 Å². The first-order valence-electron chi connectivity index (χ1n) is 6.34. The second kappa shape index (κ2) is 6.23. The van der Waals surface area contributed by atoms with Gasteiger partial charge in [-0.25, -0.2) is 0 Å². The summed E-state index contributed by atoms with van der Waals surface area (Å²) in [5.41, 5.74) is 8.07. The smallest absolute Gasteiger partial charge is 0.0498 e. The van der Waals surface area contributed by atoms with E-state index >= 15 is 0 Å². The maximum Gasteiger partial charge on any atom is 0.0498 e. The highest BCUT2D eigenvalue weighted by Crippen LogP contribution is 2.25. The zero-order valence-electron chi connectivity index (χ0n) is 10.4. The van der Waals surface area contributed by atoms with E-state index in [-0.39, 0.29) is 6.61 Å². The molecule has 2 rings (SSSR count). The van der Waals surface area contributed by atoms with Gasteiger partial charge in [-0.15, -0.1) is 0 Å². The van der Waals surface area contributed by atoms with E-state index in [0.29, 0.717) is 6.54 Å². The Labute approximate surface area is 112 Å². The number of fused-ring (bicyclic) bond motifs is 1. The fourth-order valence-corrected chi connectivity index (χ4v) is 2.43. The molecule has 0 bridgehead atoms. The molecular formula is C14H19ClN2O. The van der Waals surface area contributed by atoms with Crippen molar-refractivity contribution >= 4 is 22.5 Å². The number of benzene rings is 1. The molecule has 98 valence electrons. The van der Waals surface area contributed by atoms with Gasteiger partial charge < -0.3 is 15.4 Å². The first-order chi connectivity index (χ1) is 8.76. The molecule has 1 heterocycles. The van der Waals surface area contributed by atoms with Crippen LogP contribution in [0.5, 0.6) is 0 Å². The van der Waals surface area contributed by atoms with Crippen LogP contribution in [-0.4, -0.2) is 16.3 Å². The molecule has 0 aliphatic rings. The number of hydrogen-bond donors (Lipinski definition) is 2. The lowest BCUT2D eigenvalue weighted by Crippen LogP contribution is -1.98. The molecule has 0 saturated carbocycles. The van der Waals surface area contributed by atoms with Gasteiger partial charge in [0.2, 0.25) is 0 Å². The highest BCUT2D eigenvalue weighted by Gasteiger charge is 2.07. The van der Waals surface area contributed by atoms with Crippen molar-refractivity contribution < 1.29 is 5.11 Å². The first-order valence-corrected chi connectivity index (χ1v) is 6.72. The standard InChI is InChI=1S/C14H19ClN2O/c15-12-4-5-13-11(9-16)10-17(14(13)8-12)6-2-1-3-7-18/h4-5,8,10,18H,1-3,6-7,9,16H2. The predicted octanol–water partition coefficient (Wildman–Crippen LogP) is 2.92. The molecule has 0 radical (unpaired) electrons. The summed E-state index contributed by atoms with van der Waals surface area (Å²) in [6.45, 7) is 1.75. The van der Waals surface area contributed by atoms with Gasteiger partial charge in [-0.3, -0.25) is 0 Å². The van der Waals surface area contributed by atoms with Crippen molar-refractivity contribution in [1.29, 1.82) is 0 Å². The molecule has 1 aromatic carbocycles. The number of aliphatic hydroxyl groups is 1. The van der Waals surface area contributed by atoms with Crippen LogP contribution in [0.2, 0.25) is 5.02 Å². The maximum absolute atomic E-state index is 8.77. The number of rotatable bonds is 6. The van der Waals surface area contributed by atoms with Gasteiger partial charge in [0.05, 0.1) is 0 Å². The van der Waals surface area contributed by atoms with Gasteiger partial charge in [-0.1, -0.05) is 17.7 Å². The first kappa shape index (κ1) is 13.4. The number of nitrogens with zero attached hydrogens (tertiary/aromatic N) is 1. The lowest BCUT2D eigenvalue weighted by molar-refractivity contribution is 0.282. The summed E-state index contributed by atoms with van der Waals surface area (Å²) in [6.07, 6.45) is 5.07. The fourth-order valence-electron chi connectivity index (χ4n) is 2.26. The zero-order chi connectivity index (χ0) is 13.0. The summed E-state index contributed by atoms with van der Waals surface area (Å²) < 4.78 is 2.21. The average molecular weight is 267 g/mol. The molecule has 1 aromatic heterocycles. The molecule has 0 fully saturated rings. The largest absolute Gasteiger partial charge is 0.396 e. The molecule has 0 atom stereocenters. The number of aliphatic hydroxyl groups excluding tert-OH is 1. The molecule has 18 heavy (non-hydrogen) atoms. The maximum atomic E-state index is 8.77. The third-order valence-corrected chi connectivity index (χ3v) is 3.44. The van der Waals surface area contributed by atoms with Crippen LogP contribution in [0.15, 0.2) is 24.4 Å². The number of hydrogen-bond acceptors (Lipinski definition) is 2. The number of nitrogens with two attached hydrogens (primary N) is 1. The summed E-state index contributed by atoms with van der Waals surface area (Å²) >= 11 is 6.05. The van der Waals surface area contributed by atoms with Gasteiger partial charge in [-0.05, 0) is 37.0 Å². The Morgan fingerprint density at radius 3 is 2.78 bits per heavy atom. The molecule has 2 aromatic rings. The van der Waals surface area contributed by atoms with Crippen molar-refractivity contribution in [3.8, 4) is 0 Å². The number of aryl methyl sites for hydroxylation is 1. The highest BCUT2D eigenvalue weighted by molar-refractivity contribution is 6.31. The van der Waals surface area contributed by atoms with Crippen LogP contribution in [0, 0.1) is 0 Å². The van der Waals surface area contributed by atoms with E-state index in [0.717, 1.165) is 41.9 Å². The summed E-state index contributed by atoms with van der Waals surface area (Å²) in [6, 6.07) is 5.92. The van der Waals surface area contributed by atoms with Crippen molar-refractivity contribution in [3.05, 3.63) is 35.0 Å². The molecule has 0 aliphatic heterocycles. The second-order valence-corrected chi connectivity index (χ2v) is 4.93. The SMILES string of the molecule is NCc1cn(CCCCCO)c2cc(Cl)ccc12. The Morgan fingerprint density at radius 2 is 2.06 bits per heavy atom. The molecule has 0 saturated heterocycles. The molecule has 0 aliphatic carbocycles. The number of aromatic nitrogens is 1. The van der Waals surface area contributed by atoms with Gasteiger partial charge in [0.15, 0.2) is 0 Å². The van der Waals surface area contributed by atoms with Gasteiger partial charge in [0.25, 0.3) is 0 Å². The van der Waals surface area contributed by atoms with Crippen LogP contribution in [0.1, 0.15) is 24.8 Å². The highest BCUT2D eigenvalue weighted by atomic mass is 35.5. The molecule has 3 N–H and O–H groups in total. The Hall–Kier alpha value is -1.03. The topological polar surface area (TPSA) is 51.2 Å². The second-order valence-electron chi connectivity index (χ2n) is 4.50. The third kappa shape index (κ3) is 2.86. The minimum Gasteiger partial charge on any atom is -0.396 e. The lowest BCUT2D eigenvalue weighted by atomic mass is 10.2. The quantitative estimate of drug-likeness (QED) is 0.790. The third-order valence-electron chi connectivity index (χ3n) is 3.20. The van der Waals surface area contributed by atoms with Gasteiger partial charge in [0.1, 0.15) is 0 Å².